The van der Waals surface area contributed by atoms with E-state index in [0.29, 0.717) is 30.3 Å². The van der Waals surface area contributed by atoms with Crippen molar-refractivity contribution in [2.45, 2.75) is 64.1 Å². The van der Waals surface area contributed by atoms with Gasteiger partial charge in [-0.05, 0) is 50.6 Å². The highest BCUT2D eigenvalue weighted by molar-refractivity contribution is 7.13. The van der Waals surface area contributed by atoms with E-state index in [4.69, 9.17) is 4.42 Å². The number of aromatic nitrogens is 2. The van der Waals surface area contributed by atoms with Gasteiger partial charge >= 0.3 is 0 Å². The minimum atomic E-state index is 0.0721. The van der Waals surface area contributed by atoms with Gasteiger partial charge in [-0.25, -0.2) is 0 Å². The lowest BCUT2D eigenvalue weighted by molar-refractivity contribution is -0.132. The first-order valence-electron chi connectivity index (χ1n) is 9.61. The maximum atomic E-state index is 12.3. The zero-order valence-electron chi connectivity index (χ0n) is 15.4. The van der Waals surface area contributed by atoms with Gasteiger partial charge in [-0.1, -0.05) is 13.0 Å². The van der Waals surface area contributed by atoms with Crippen molar-refractivity contribution in [3.63, 3.8) is 0 Å². The molecule has 3 unspecified atom stereocenters. The van der Waals surface area contributed by atoms with Crippen LogP contribution < -0.4 is 0 Å². The molecule has 0 radical (unpaired) electrons. The third kappa shape index (κ3) is 3.18. The standard InChI is InChI=1S/C19H26N4O2S/c1-3-17(24)23-11-5-8-15(23)14-7-4-10-22(14)13(2)18-20-21-19(25-18)16-9-6-12-26-16/h6,9,12-15H,3-5,7-8,10-11H2,1-2H3. The molecule has 2 fully saturated rings. The highest BCUT2D eigenvalue weighted by atomic mass is 32.1. The number of nitrogens with zero attached hydrogens (tertiary/aromatic N) is 4. The lowest BCUT2D eigenvalue weighted by atomic mass is 10.0. The maximum absolute atomic E-state index is 12.3. The van der Waals surface area contributed by atoms with Gasteiger partial charge in [-0.15, -0.1) is 21.5 Å². The summed E-state index contributed by atoms with van der Waals surface area (Å²) in [4.78, 5) is 17.9. The van der Waals surface area contributed by atoms with E-state index in [9.17, 15) is 4.79 Å². The minimum absolute atomic E-state index is 0.0721. The Morgan fingerprint density at radius 2 is 2.12 bits per heavy atom. The van der Waals surface area contributed by atoms with Gasteiger partial charge in [0.15, 0.2) is 0 Å². The third-order valence-electron chi connectivity index (χ3n) is 5.74. The number of carbonyl (C=O) groups is 1. The molecule has 2 aliphatic heterocycles. The fourth-order valence-corrected chi connectivity index (χ4v) is 5.10. The highest BCUT2D eigenvalue weighted by Gasteiger charge is 2.41. The second-order valence-corrected chi connectivity index (χ2v) is 8.14. The van der Waals surface area contributed by atoms with Crippen LogP contribution in [0.5, 0.6) is 0 Å². The fourth-order valence-electron chi connectivity index (χ4n) is 4.46. The van der Waals surface area contributed by atoms with Crippen molar-refractivity contribution >= 4 is 17.2 Å². The molecule has 2 aromatic rings. The van der Waals surface area contributed by atoms with Gasteiger partial charge in [0.05, 0.1) is 10.9 Å². The average molecular weight is 375 g/mol. The molecule has 6 nitrogen and oxygen atoms in total. The summed E-state index contributed by atoms with van der Waals surface area (Å²) in [5, 5.41) is 10.6. The zero-order valence-corrected chi connectivity index (χ0v) is 16.2. The van der Waals surface area contributed by atoms with Crippen LogP contribution in [0.25, 0.3) is 10.8 Å². The molecular weight excluding hydrogens is 348 g/mol. The van der Waals surface area contributed by atoms with Crippen LogP contribution in [0.15, 0.2) is 21.9 Å². The van der Waals surface area contributed by atoms with E-state index < -0.39 is 0 Å². The number of thiophene rings is 1. The summed E-state index contributed by atoms with van der Waals surface area (Å²) in [6.45, 7) is 6.02. The van der Waals surface area contributed by atoms with Crippen LogP contribution in [0.2, 0.25) is 0 Å². The zero-order chi connectivity index (χ0) is 18.1. The maximum Gasteiger partial charge on any atom is 0.257 e. The Morgan fingerprint density at radius 3 is 2.88 bits per heavy atom. The minimum Gasteiger partial charge on any atom is -0.418 e. The number of likely N-dealkylation sites (tertiary alicyclic amines) is 2. The van der Waals surface area contributed by atoms with Crippen LogP contribution in [0.3, 0.4) is 0 Å². The number of carbonyl (C=O) groups excluding carboxylic acids is 1. The summed E-state index contributed by atoms with van der Waals surface area (Å²) in [5.41, 5.74) is 0. The Bertz CT molecular complexity index is 745. The number of rotatable bonds is 5. The van der Waals surface area contributed by atoms with E-state index in [1.54, 1.807) is 11.3 Å². The van der Waals surface area contributed by atoms with Crippen LogP contribution in [0.1, 0.15) is 57.9 Å². The van der Waals surface area contributed by atoms with E-state index in [-0.39, 0.29) is 11.9 Å². The Balaban J connectivity index is 1.52. The topological polar surface area (TPSA) is 62.5 Å². The molecule has 0 N–H and O–H groups in total. The average Bonchev–Trinajstić information content (AvgIpc) is 3.45. The second kappa shape index (κ2) is 7.48. The molecule has 1 amide bonds. The molecule has 7 heteroatoms. The van der Waals surface area contributed by atoms with Crippen LogP contribution in [-0.2, 0) is 4.79 Å². The molecule has 0 aromatic carbocycles. The molecule has 4 rings (SSSR count). The second-order valence-electron chi connectivity index (χ2n) is 7.20. The first-order valence-corrected chi connectivity index (χ1v) is 10.5. The Morgan fingerprint density at radius 1 is 1.31 bits per heavy atom. The van der Waals surface area contributed by atoms with Crippen molar-refractivity contribution in [2.75, 3.05) is 13.1 Å². The van der Waals surface area contributed by atoms with Gasteiger partial charge in [0, 0.05) is 25.0 Å². The Kier molecular flexibility index (Phi) is 5.09. The third-order valence-corrected chi connectivity index (χ3v) is 6.59. The summed E-state index contributed by atoms with van der Waals surface area (Å²) in [6.07, 6.45) is 5.09. The van der Waals surface area contributed by atoms with E-state index in [0.717, 1.165) is 43.6 Å². The van der Waals surface area contributed by atoms with Crippen molar-refractivity contribution in [1.82, 2.24) is 20.0 Å². The van der Waals surface area contributed by atoms with Crippen molar-refractivity contribution in [3.05, 3.63) is 23.4 Å². The van der Waals surface area contributed by atoms with Crippen LogP contribution in [-0.4, -0.2) is 51.1 Å². The molecule has 0 aliphatic carbocycles. The van der Waals surface area contributed by atoms with Crippen LogP contribution in [0.4, 0.5) is 0 Å². The molecule has 2 aromatic heterocycles. The number of hydrogen-bond donors (Lipinski definition) is 0. The summed E-state index contributed by atoms with van der Waals surface area (Å²) in [5.74, 6) is 1.55. The first-order chi connectivity index (χ1) is 12.7. The van der Waals surface area contributed by atoms with Crippen molar-refractivity contribution in [3.8, 4) is 10.8 Å². The molecule has 2 aliphatic rings. The summed E-state index contributed by atoms with van der Waals surface area (Å²) in [6, 6.07) is 4.77. The molecule has 0 saturated carbocycles. The van der Waals surface area contributed by atoms with Gasteiger partial charge < -0.3 is 9.32 Å². The van der Waals surface area contributed by atoms with Gasteiger partial charge in [-0.3, -0.25) is 9.69 Å². The quantitative estimate of drug-likeness (QED) is 0.798. The molecule has 2 saturated heterocycles. The summed E-state index contributed by atoms with van der Waals surface area (Å²) < 4.78 is 5.97. The van der Waals surface area contributed by atoms with E-state index in [2.05, 4.69) is 26.9 Å². The van der Waals surface area contributed by atoms with Crippen LogP contribution in [0, 0.1) is 0 Å². The van der Waals surface area contributed by atoms with Crippen molar-refractivity contribution in [1.29, 1.82) is 0 Å². The lowest BCUT2D eigenvalue weighted by Gasteiger charge is -2.37. The van der Waals surface area contributed by atoms with Crippen LogP contribution >= 0.6 is 11.3 Å². The van der Waals surface area contributed by atoms with Crippen molar-refractivity contribution < 1.29 is 9.21 Å². The van der Waals surface area contributed by atoms with Gasteiger partial charge in [0.25, 0.3) is 5.89 Å². The fraction of sp³-hybridized carbons (Fsp3) is 0.632. The molecule has 140 valence electrons. The molecule has 0 bridgehead atoms. The van der Waals surface area contributed by atoms with Crippen molar-refractivity contribution in [2.24, 2.45) is 0 Å². The summed E-state index contributed by atoms with van der Waals surface area (Å²) >= 11 is 1.61. The van der Waals surface area contributed by atoms with E-state index in [1.165, 1.54) is 0 Å². The Hall–Kier alpha value is -1.73. The summed E-state index contributed by atoms with van der Waals surface area (Å²) in [7, 11) is 0. The van der Waals surface area contributed by atoms with Gasteiger partial charge in [0.1, 0.15) is 0 Å². The number of amides is 1. The molecule has 4 heterocycles. The predicted octanol–water partition coefficient (Wildman–Crippen LogP) is 3.72. The molecular formula is C19H26N4O2S. The smallest absolute Gasteiger partial charge is 0.257 e. The molecule has 3 atom stereocenters. The SMILES string of the molecule is CCC(=O)N1CCCC1C1CCCN1C(C)c1nnc(-c2cccs2)o1. The first kappa shape index (κ1) is 17.7. The normalized spacial score (nSPS) is 25.1. The largest absolute Gasteiger partial charge is 0.418 e. The molecule has 26 heavy (non-hydrogen) atoms. The monoisotopic (exact) mass is 374 g/mol. The Labute approximate surface area is 158 Å². The van der Waals surface area contributed by atoms with Gasteiger partial charge in [-0.2, -0.15) is 0 Å². The molecule has 0 spiro atoms. The number of hydrogen-bond acceptors (Lipinski definition) is 6. The van der Waals surface area contributed by atoms with E-state index >= 15 is 0 Å². The lowest BCUT2D eigenvalue weighted by Crippen LogP contribution is -2.48. The van der Waals surface area contributed by atoms with Gasteiger partial charge in [0.2, 0.25) is 11.8 Å². The van der Waals surface area contributed by atoms with E-state index in [1.807, 2.05) is 24.4 Å². The highest BCUT2D eigenvalue weighted by Crippen LogP contribution is 2.36. The predicted molar refractivity (Wildman–Crippen MR) is 101 cm³/mol.